The smallest absolute Gasteiger partial charge is 0.227 e. The Morgan fingerprint density at radius 3 is 2.60 bits per heavy atom. The number of likely N-dealkylation sites (N-methyl/N-ethyl adjacent to an activating group) is 1. The maximum Gasteiger partial charge on any atom is 0.227 e. The lowest BCUT2D eigenvalue weighted by Crippen LogP contribution is -2.52. The molecule has 1 fully saturated rings. The number of benzene rings is 1. The van der Waals surface area contributed by atoms with Crippen LogP contribution in [0.2, 0.25) is 0 Å². The van der Waals surface area contributed by atoms with Crippen molar-refractivity contribution >= 4 is 5.91 Å². The van der Waals surface area contributed by atoms with E-state index in [-0.39, 0.29) is 5.91 Å². The Kier molecular flexibility index (Phi) is 5.01. The third kappa shape index (κ3) is 3.73. The highest BCUT2D eigenvalue weighted by Gasteiger charge is 2.24. The molecule has 1 heterocycles. The summed E-state index contributed by atoms with van der Waals surface area (Å²) in [6.07, 6.45) is 0.475. The molecule has 0 radical (unpaired) electrons. The Morgan fingerprint density at radius 1 is 1.30 bits per heavy atom. The van der Waals surface area contributed by atoms with Gasteiger partial charge in [-0.15, -0.1) is 0 Å². The number of carbonyl (C=O) groups is 1. The highest BCUT2D eigenvalue weighted by molar-refractivity contribution is 5.79. The standard InChI is InChI=1S/C16H24N2O2/c1-4-20-15-7-5-14(6-8-15)11-16(19)18-10-9-17(3)13(2)12-18/h5-8,13H,4,9-12H2,1-3H3. The zero-order chi connectivity index (χ0) is 14.5. The van der Waals surface area contributed by atoms with Crippen molar-refractivity contribution in [3.05, 3.63) is 29.8 Å². The van der Waals surface area contributed by atoms with Gasteiger partial charge >= 0.3 is 0 Å². The van der Waals surface area contributed by atoms with Gasteiger partial charge in [-0.3, -0.25) is 4.79 Å². The molecule has 0 N–H and O–H groups in total. The van der Waals surface area contributed by atoms with Crippen molar-refractivity contribution in [1.29, 1.82) is 0 Å². The van der Waals surface area contributed by atoms with Crippen LogP contribution in [-0.2, 0) is 11.2 Å². The highest BCUT2D eigenvalue weighted by Crippen LogP contribution is 2.14. The second kappa shape index (κ2) is 6.75. The predicted molar refractivity (Wildman–Crippen MR) is 80.0 cm³/mol. The van der Waals surface area contributed by atoms with Gasteiger partial charge in [0.05, 0.1) is 13.0 Å². The molecule has 4 heteroatoms. The minimum atomic E-state index is 0.217. The number of piperazine rings is 1. The van der Waals surface area contributed by atoms with Gasteiger partial charge in [0, 0.05) is 25.7 Å². The van der Waals surface area contributed by atoms with Crippen LogP contribution in [0, 0.1) is 0 Å². The van der Waals surface area contributed by atoms with Crippen molar-refractivity contribution in [1.82, 2.24) is 9.80 Å². The first-order valence-corrected chi connectivity index (χ1v) is 7.30. The van der Waals surface area contributed by atoms with Crippen LogP contribution in [-0.4, -0.2) is 55.0 Å². The summed E-state index contributed by atoms with van der Waals surface area (Å²) in [5, 5.41) is 0. The van der Waals surface area contributed by atoms with Gasteiger partial charge in [-0.25, -0.2) is 0 Å². The van der Waals surface area contributed by atoms with E-state index >= 15 is 0 Å². The number of rotatable bonds is 4. The zero-order valence-electron chi connectivity index (χ0n) is 12.6. The van der Waals surface area contributed by atoms with Gasteiger partial charge < -0.3 is 14.5 Å². The molecule has 0 aliphatic carbocycles. The fourth-order valence-corrected chi connectivity index (χ4v) is 2.43. The molecule has 0 bridgehead atoms. The quantitative estimate of drug-likeness (QED) is 0.840. The number of nitrogens with zero attached hydrogens (tertiary/aromatic N) is 2. The van der Waals surface area contributed by atoms with Gasteiger partial charge in [-0.2, -0.15) is 0 Å². The molecule has 4 nitrogen and oxygen atoms in total. The monoisotopic (exact) mass is 276 g/mol. The van der Waals surface area contributed by atoms with Crippen molar-refractivity contribution in [2.45, 2.75) is 26.3 Å². The van der Waals surface area contributed by atoms with Crippen LogP contribution >= 0.6 is 0 Å². The summed E-state index contributed by atoms with van der Waals surface area (Å²) in [5.41, 5.74) is 1.05. The van der Waals surface area contributed by atoms with E-state index in [1.54, 1.807) is 0 Å². The molecule has 0 saturated carbocycles. The zero-order valence-corrected chi connectivity index (χ0v) is 12.6. The van der Waals surface area contributed by atoms with E-state index in [0.29, 0.717) is 19.1 Å². The van der Waals surface area contributed by atoms with Crippen LogP contribution < -0.4 is 4.74 Å². The van der Waals surface area contributed by atoms with Gasteiger partial charge in [-0.1, -0.05) is 12.1 Å². The van der Waals surface area contributed by atoms with Crippen LogP contribution in [0.15, 0.2) is 24.3 Å². The van der Waals surface area contributed by atoms with E-state index in [9.17, 15) is 4.79 Å². The second-order valence-corrected chi connectivity index (χ2v) is 5.42. The van der Waals surface area contributed by atoms with Crippen LogP contribution in [0.3, 0.4) is 0 Å². The lowest BCUT2D eigenvalue weighted by molar-refractivity contribution is -0.133. The van der Waals surface area contributed by atoms with Crippen molar-refractivity contribution in [3.63, 3.8) is 0 Å². The SMILES string of the molecule is CCOc1ccc(CC(=O)N2CCN(C)C(C)C2)cc1. The summed E-state index contributed by atoms with van der Waals surface area (Å²) in [6.45, 7) is 7.40. The molecule has 1 unspecified atom stereocenters. The Hall–Kier alpha value is -1.55. The Morgan fingerprint density at radius 2 is 2.00 bits per heavy atom. The van der Waals surface area contributed by atoms with E-state index in [1.165, 1.54) is 0 Å². The number of hydrogen-bond acceptors (Lipinski definition) is 3. The summed E-state index contributed by atoms with van der Waals surface area (Å²) in [6, 6.07) is 8.25. The maximum atomic E-state index is 12.3. The average molecular weight is 276 g/mol. The summed E-state index contributed by atoms with van der Waals surface area (Å²) in [7, 11) is 2.11. The largest absolute Gasteiger partial charge is 0.494 e. The van der Waals surface area contributed by atoms with Crippen molar-refractivity contribution < 1.29 is 9.53 Å². The Balaban J connectivity index is 1.90. The minimum absolute atomic E-state index is 0.217. The molecule has 1 aromatic rings. The molecule has 1 amide bonds. The molecule has 20 heavy (non-hydrogen) atoms. The lowest BCUT2D eigenvalue weighted by Gasteiger charge is -2.37. The van der Waals surface area contributed by atoms with Crippen molar-refractivity contribution in [3.8, 4) is 5.75 Å². The normalized spacial score (nSPS) is 19.9. The van der Waals surface area contributed by atoms with Crippen LogP contribution in [0.1, 0.15) is 19.4 Å². The fourth-order valence-electron chi connectivity index (χ4n) is 2.43. The first-order valence-electron chi connectivity index (χ1n) is 7.30. The molecule has 0 spiro atoms. The number of hydrogen-bond donors (Lipinski definition) is 0. The molecular formula is C16H24N2O2. The second-order valence-electron chi connectivity index (χ2n) is 5.42. The molecule has 1 saturated heterocycles. The van der Waals surface area contributed by atoms with Crippen molar-refractivity contribution in [2.75, 3.05) is 33.3 Å². The van der Waals surface area contributed by atoms with Gasteiger partial charge in [0.1, 0.15) is 5.75 Å². The summed E-state index contributed by atoms with van der Waals surface area (Å²) >= 11 is 0. The number of ether oxygens (including phenoxy) is 1. The summed E-state index contributed by atoms with van der Waals surface area (Å²) in [4.78, 5) is 16.6. The van der Waals surface area contributed by atoms with Gasteiger partial charge in [0.2, 0.25) is 5.91 Å². The molecule has 2 rings (SSSR count). The van der Waals surface area contributed by atoms with E-state index in [4.69, 9.17) is 4.74 Å². The summed E-state index contributed by atoms with van der Waals surface area (Å²) in [5.74, 6) is 1.08. The van der Waals surface area contributed by atoms with E-state index < -0.39 is 0 Å². The molecule has 0 aromatic heterocycles. The molecule has 1 aliphatic heterocycles. The molecule has 1 atom stereocenters. The van der Waals surface area contributed by atoms with E-state index in [0.717, 1.165) is 30.9 Å². The topological polar surface area (TPSA) is 32.8 Å². The van der Waals surface area contributed by atoms with E-state index in [2.05, 4.69) is 18.9 Å². The maximum absolute atomic E-state index is 12.3. The Labute approximate surface area is 121 Å². The van der Waals surface area contributed by atoms with Crippen LogP contribution in [0.4, 0.5) is 0 Å². The van der Waals surface area contributed by atoms with E-state index in [1.807, 2.05) is 36.1 Å². The average Bonchev–Trinajstić information content (AvgIpc) is 2.44. The number of carbonyl (C=O) groups excluding carboxylic acids is 1. The Bertz CT molecular complexity index is 444. The van der Waals surface area contributed by atoms with Crippen molar-refractivity contribution in [2.24, 2.45) is 0 Å². The molecule has 110 valence electrons. The molecule has 1 aromatic carbocycles. The van der Waals surface area contributed by atoms with Crippen LogP contribution in [0.5, 0.6) is 5.75 Å². The minimum Gasteiger partial charge on any atom is -0.494 e. The number of amides is 1. The van der Waals surface area contributed by atoms with Gasteiger partial charge in [0.15, 0.2) is 0 Å². The lowest BCUT2D eigenvalue weighted by atomic mass is 10.1. The molecule has 1 aliphatic rings. The summed E-state index contributed by atoms with van der Waals surface area (Å²) < 4.78 is 5.41. The van der Waals surface area contributed by atoms with Gasteiger partial charge in [-0.05, 0) is 38.6 Å². The first kappa shape index (κ1) is 14.9. The fraction of sp³-hybridized carbons (Fsp3) is 0.562. The highest BCUT2D eigenvalue weighted by atomic mass is 16.5. The third-order valence-electron chi connectivity index (χ3n) is 3.90. The van der Waals surface area contributed by atoms with Gasteiger partial charge in [0.25, 0.3) is 0 Å². The van der Waals surface area contributed by atoms with Crippen LogP contribution in [0.25, 0.3) is 0 Å². The predicted octanol–water partition coefficient (Wildman–Crippen LogP) is 1.79. The molecular weight excluding hydrogens is 252 g/mol. The first-order chi connectivity index (χ1) is 9.60. The third-order valence-corrected chi connectivity index (χ3v) is 3.90.